The van der Waals surface area contributed by atoms with Crippen molar-refractivity contribution in [3.8, 4) is 0 Å². The second kappa shape index (κ2) is 3.09. The van der Waals surface area contributed by atoms with Gasteiger partial charge in [0.15, 0.2) is 0 Å². The molecule has 0 bridgehead atoms. The van der Waals surface area contributed by atoms with Gasteiger partial charge in [0, 0.05) is 18.1 Å². The molecule has 0 radical (unpaired) electrons. The number of benzene rings is 1. The molecule has 1 aliphatic rings. The van der Waals surface area contributed by atoms with Gasteiger partial charge < -0.3 is 4.90 Å². The molecule has 2 rings (SSSR count). The highest BCUT2D eigenvalue weighted by atomic mass is 79.9. The van der Waals surface area contributed by atoms with Gasteiger partial charge in [-0.2, -0.15) is 0 Å². The predicted molar refractivity (Wildman–Crippen MR) is 55.7 cm³/mol. The SMILES string of the molecule is CN1CCCc2cccc(Br)c21. The van der Waals surface area contributed by atoms with Crippen molar-refractivity contribution in [3.05, 3.63) is 28.2 Å². The second-order valence-corrected chi connectivity index (χ2v) is 4.13. The third-order valence-electron chi connectivity index (χ3n) is 2.39. The monoisotopic (exact) mass is 225 g/mol. The number of halogens is 1. The summed E-state index contributed by atoms with van der Waals surface area (Å²) in [6.45, 7) is 1.18. The molecule has 0 aromatic heterocycles. The van der Waals surface area contributed by atoms with Gasteiger partial charge in [0.1, 0.15) is 0 Å². The molecule has 12 heavy (non-hydrogen) atoms. The zero-order valence-corrected chi connectivity index (χ0v) is 8.76. The predicted octanol–water partition coefficient (Wildman–Crippen LogP) is 2.83. The first-order valence-corrected chi connectivity index (χ1v) is 5.07. The van der Waals surface area contributed by atoms with Crippen LogP contribution in [0, 0.1) is 0 Å². The zero-order valence-electron chi connectivity index (χ0n) is 7.18. The van der Waals surface area contributed by atoms with Crippen molar-refractivity contribution in [2.75, 3.05) is 18.5 Å². The van der Waals surface area contributed by atoms with Crippen LogP contribution >= 0.6 is 15.9 Å². The van der Waals surface area contributed by atoms with Crippen LogP contribution < -0.4 is 4.90 Å². The van der Waals surface area contributed by atoms with Gasteiger partial charge in [0.2, 0.25) is 0 Å². The van der Waals surface area contributed by atoms with E-state index in [0.29, 0.717) is 0 Å². The highest BCUT2D eigenvalue weighted by Crippen LogP contribution is 2.33. The quantitative estimate of drug-likeness (QED) is 0.657. The van der Waals surface area contributed by atoms with Crippen LogP contribution in [0.15, 0.2) is 22.7 Å². The van der Waals surface area contributed by atoms with Crippen molar-refractivity contribution in [1.82, 2.24) is 0 Å². The van der Waals surface area contributed by atoms with Gasteiger partial charge in [-0.25, -0.2) is 0 Å². The summed E-state index contributed by atoms with van der Waals surface area (Å²) in [5.41, 5.74) is 2.85. The molecule has 64 valence electrons. The lowest BCUT2D eigenvalue weighted by molar-refractivity contribution is 0.742. The molecule has 1 nitrogen and oxygen atoms in total. The molecular formula is C10H12BrN. The molecule has 0 aliphatic carbocycles. The molecule has 0 amide bonds. The highest BCUT2D eigenvalue weighted by molar-refractivity contribution is 9.10. The van der Waals surface area contributed by atoms with E-state index >= 15 is 0 Å². The molecule has 0 fully saturated rings. The van der Waals surface area contributed by atoms with E-state index in [1.54, 1.807) is 0 Å². The van der Waals surface area contributed by atoms with Crippen LogP contribution in [0.3, 0.4) is 0 Å². The van der Waals surface area contributed by atoms with Crippen LogP contribution in [0.2, 0.25) is 0 Å². The molecule has 0 atom stereocenters. The van der Waals surface area contributed by atoms with Crippen LogP contribution in [0.5, 0.6) is 0 Å². The van der Waals surface area contributed by atoms with E-state index in [2.05, 4.69) is 46.1 Å². The molecule has 0 saturated carbocycles. The van der Waals surface area contributed by atoms with Crippen molar-refractivity contribution >= 4 is 21.6 Å². The average molecular weight is 226 g/mol. The average Bonchev–Trinajstić information content (AvgIpc) is 2.04. The lowest BCUT2D eigenvalue weighted by Crippen LogP contribution is -2.24. The summed E-state index contributed by atoms with van der Waals surface area (Å²) in [4.78, 5) is 2.32. The van der Waals surface area contributed by atoms with Crippen LogP contribution in [0.4, 0.5) is 5.69 Å². The Hall–Kier alpha value is -0.500. The van der Waals surface area contributed by atoms with Gasteiger partial charge in [-0.05, 0) is 40.4 Å². The first-order chi connectivity index (χ1) is 5.79. The summed E-state index contributed by atoms with van der Waals surface area (Å²) in [5.74, 6) is 0. The number of para-hydroxylation sites is 1. The fourth-order valence-electron chi connectivity index (χ4n) is 1.81. The number of fused-ring (bicyclic) bond motifs is 1. The summed E-state index contributed by atoms with van der Waals surface area (Å²) in [6.07, 6.45) is 2.50. The van der Waals surface area contributed by atoms with Gasteiger partial charge >= 0.3 is 0 Å². The number of anilines is 1. The summed E-state index contributed by atoms with van der Waals surface area (Å²) in [6, 6.07) is 6.44. The smallest absolute Gasteiger partial charge is 0.0540 e. The van der Waals surface area contributed by atoms with Gasteiger partial charge in [0.05, 0.1) is 5.69 Å². The van der Waals surface area contributed by atoms with Gasteiger partial charge in [-0.1, -0.05) is 12.1 Å². The largest absolute Gasteiger partial charge is 0.373 e. The first-order valence-electron chi connectivity index (χ1n) is 4.27. The third-order valence-corrected chi connectivity index (χ3v) is 3.03. The highest BCUT2D eigenvalue weighted by Gasteiger charge is 2.15. The van der Waals surface area contributed by atoms with Gasteiger partial charge in [-0.15, -0.1) is 0 Å². The minimum absolute atomic E-state index is 1.18. The third kappa shape index (κ3) is 1.24. The van der Waals surface area contributed by atoms with Crippen molar-refractivity contribution in [2.45, 2.75) is 12.8 Å². The number of aryl methyl sites for hydroxylation is 1. The van der Waals surface area contributed by atoms with Crippen molar-refractivity contribution in [3.63, 3.8) is 0 Å². The van der Waals surface area contributed by atoms with Gasteiger partial charge in [-0.3, -0.25) is 0 Å². The van der Waals surface area contributed by atoms with E-state index in [9.17, 15) is 0 Å². The van der Waals surface area contributed by atoms with Crippen molar-refractivity contribution in [2.24, 2.45) is 0 Å². The van der Waals surface area contributed by atoms with E-state index in [-0.39, 0.29) is 0 Å². The number of nitrogens with zero attached hydrogens (tertiary/aromatic N) is 1. The summed E-state index contributed by atoms with van der Waals surface area (Å²) >= 11 is 3.58. The Morgan fingerprint density at radius 3 is 3.00 bits per heavy atom. The Morgan fingerprint density at radius 1 is 1.42 bits per heavy atom. The van der Waals surface area contributed by atoms with E-state index in [0.717, 1.165) is 0 Å². The zero-order chi connectivity index (χ0) is 8.55. The maximum absolute atomic E-state index is 3.58. The fraction of sp³-hybridized carbons (Fsp3) is 0.400. The second-order valence-electron chi connectivity index (χ2n) is 3.27. The Balaban J connectivity index is 2.53. The molecule has 1 heterocycles. The number of rotatable bonds is 0. The van der Waals surface area contributed by atoms with Crippen LogP contribution in [0.25, 0.3) is 0 Å². The summed E-state index contributed by atoms with van der Waals surface area (Å²) in [7, 11) is 2.16. The topological polar surface area (TPSA) is 3.24 Å². The lowest BCUT2D eigenvalue weighted by atomic mass is 10.0. The minimum Gasteiger partial charge on any atom is -0.373 e. The number of hydrogen-bond donors (Lipinski definition) is 0. The molecule has 0 unspecified atom stereocenters. The molecule has 0 N–H and O–H groups in total. The molecule has 0 saturated heterocycles. The van der Waals surface area contributed by atoms with Crippen molar-refractivity contribution < 1.29 is 0 Å². The molecule has 0 spiro atoms. The fourth-order valence-corrected chi connectivity index (χ4v) is 2.52. The lowest BCUT2D eigenvalue weighted by Gasteiger charge is -2.28. The normalized spacial score (nSPS) is 16.0. The van der Waals surface area contributed by atoms with Crippen LogP contribution in [0.1, 0.15) is 12.0 Å². The molecule has 1 aromatic rings. The number of hydrogen-bond acceptors (Lipinski definition) is 1. The van der Waals surface area contributed by atoms with Crippen molar-refractivity contribution in [1.29, 1.82) is 0 Å². The molecule has 2 heteroatoms. The van der Waals surface area contributed by atoms with E-state index in [4.69, 9.17) is 0 Å². The van der Waals surface area contributed by atoms with Gasteiger partial charge in [0.25, 0.3) is 0 Å². The maximum atomic E-state index is 3.58. The maximum Gasteiger partial charge on any atom is 0.0540 e. The Bertz CT molecular complexity index is 296. The van der Waals surface area contributed by atoms with E-state index in [1.807, 2.05) is 0 Å². The van der Waals surface area contributed by atoms with E-state index < -0.39 is 0 Å². The molecule has 1 aromatic carbocycles. The summed E-state index contributed by atoms with van der Waals surface area (Å²) in [5, 5.41) is 0. The van der Waals surface area contributed by atoms with Crippen LogP contribution in [-0.4, -0.2) is 13.6 Å². The Kier molecular flexibility index (Phi) is 2.09. The first kappa shape index (κ1) is 8.11. The Morgan fingerprint density at radius 2 is 2.25 bits per heavy atom. The standard InChI is InChI=1S/C10H12BrN/c1-12-7-3-5-8-4-2-6-9(11)10(8)12/h2,4,6H,3,5,7H2,1H3. The van der Waals surface area contributed by atoms with Crippen LogP contribution in [-0.2, 0) is 6.42 Å². The summed E-state index contributed by atoms with van der Waals surface area (Å²) < 4.78 is 1.22. The molecular weight excluding hydrogens is 214 g/mol. The minimum atomic E-state index is 1.18. The van der Waals surface area contributed by atoms with E-state index in [1.165, 1.54) is 35.1 Å². The Labute approximate surface area is 81.5 Å². The molecule has 1 aliphatic heterocycles.